The van der Waals surface area contributed by atoms with Gasteiger partial charge in [0.25, 0.3) is 11.8 Å². The number of amides is 2. The molecule has 0 bridgehead atoms. The maximum absolute atomic E-state index is 15.4. The third kappa shape index (κ3) is 16.2. The third-order valence-corrected chi connectivity index (χ3v) is 28.2. The van der Waals surface area contributed by atoms with Gasteiger partial charge in [0, 0.05) is 174 Å². The first-order valence-electron chi connectivity index (χ1n) is 42.9. The van der Waals surface area contributed by atoms with Gasteiger partial charge < -0.3 is 57.4 Å². The standard InChI is InChI=1S/C50H67N3O7P.C42H50N3O7P/c1-9-51(10-2)48(55)36-24-23-35(61(56,60-50(6,7)8)57-29-13-11-12-22-42(54)59-49(3,4)5)32-39(36)43-40-30-33-18-14-25-52-27-16-20-37(44(33)52)46(40)58-47-38-21-17-28-53-26-15-19-34(45(38)53)31-41(43)47;1-3-43(4-2)42(48)30-18-17-29(53(49,50)51-23-7-5-6-16-36(46)47)26-33(30)37-34-24-27-12-8-19-44-21-10-14-31(38(27)44)40(34)52-41-32-15-11-22-45-20-9-13-28(39(32)45)25-35(37)41/h23-24,30-32H,9-22,25-29H2,1-8H3;17-18,24-26H,3-16,19-23H2,1-2H3,(H-,46,47,49,50)/q+1;. The number of anilines is 2. The van der Waals surface area contributed by atoms with E-state index in [2.05, 4.69) is 43.2 Å². The van der Waals surface area contributed by atoms with Gasteiger partial charge in [-0.25, -0.2) is 9.15 Å². The Labute approximate surface area is 672 Å². The highest BCUT2D eigenvalue weighted by molar-refractivity contribution is 7.62. The van der Waals surface area contributed by atoms with Gasteiger partial charge in [-0.2, -0.15) is 0 Å². The quantitative estimate of drug-likeness (QED) is 0.0243. The van der Waals surface area contributed by atoms with E-state index in [0.717, 1.165) is 216 Å². The van der Waals surface area contributed by atoms with Crippen molar-refractivity contribution in [3.8, 4) is 23.0 Å². The first-order chi connectivity index (χ1) is 54.8. The van der Waals surface area contributed by atoms with E-state index in [1.807, 2.05) is 86.3 Å². The van der Waals surface area contributed by atoms with Crippen molar-refractivity contribution in [1.29, 1.82) is 0 Å². The molecule has 2 atom stereocenters. The number of ether oxygens (including phenoxy) is 3. The minimum absolute atomic E-state index is 0.0205. The first-order valence-corrected chi connectivity index (χ1v) is 46.0. The molecule has 10 aliphatic heterocycles. The number of rotatable bonds is 25. The number of hydrogen-bond acceptors (Lipinski definition) is 15. The van der Waals surface area contributed by atoms with Gasteiger partial charge in [0.2, 0.25) is 10.7 Å². The van der Waals surface area contributed by atoms with Crippen LogP contribution >= 0.6 is 15.2 Å². The summed E-state index contributed by atoms with van der Waals surface area (Å²) in [4.78, 5) is 75.1. The molecule has 0 saturated heterocycles. The molecule has 22 heteroatoms. The van der Waals surface area contributed by atoms with Crippen LogP contribution < -0.4 is 65.1 Å². The summed E-state index contributed by atoms with van der Waals surface area (Å²) >= 11 is 0. The Morgan fingerprint density at radius 3 is 1.36 bits per heavy atom. The molecule has 0 aromatic heterocycles. The summed E-state index contributed by atoms with van der Waals surface area (Å²) < 4.78 is 72.8. The van der Waals surface area contributed by atoms with Gasteiger partial charge in [-0.1, -0.05) is 12.8 Å². The molecular formula is C92H117N6O14P2+. The molecule has 0 aliphatic carbocycles. The van der Waals surface area contributed by atoms with E-state index in [4.69, 9.17) is 32.9 Å². The molecule has 16 rings (SSSR count). The zero-order valence-electron chi connectivity index (χ0n) is 69.0. The number of carbonyl (C=O) groups excluding carboxylic acids is 3. The highest BCUT2D eigenvalue weighted by Crippen LogP contribution is 2.55. The Hall–Kier alpha value is -7.96. The van der Waals surface area contributed by atoms with Gasteiger partial charge in [0.1, 0.15) is 54.8 Å². The Morgan fingerprint density at radius 2 is 0.904 bits per heavy atom. The molecule has 1 N–H and O–H groups in total. The molecule has 10 heterocycles. The molecule has 608 valence electrons. The topological polar surface area (TPSA) is 220 Å². The second kappa shape index (κ2) is 33.6. The lowest BCUT2D eigenvalue weighted by Crippen LogP contribution is -2.45. The van der Waals surface area contributed by atoms with Gasteiger partial charge in [-0.3, -0.25) is 28.3 Å². The SMILES string of the molecule is CCN(CC)C(=O)c1ccc(P(=O)(OCCCCCC(=O)OC(C)(C)C)OC(C)(C)C)cc1C1=c2cc3c4c(c2Oc2c1cc1c5c2CCCN5CCC1)CCC[N+]=4CCC3.CCN(CC)C(=O)c1ccc(P(=O)([O-])OCCCCCC(=O)O)cc1C1=c2cc3c4c(c2Oc2c1cc1c5c2CCCN5CCC1)CCC[N+]=4CCC3. The Bertz CT molecular complexity index is 5210. The van der Waals surface area contributed by atoms with E-state index in [-0.39, 0.29) is 42.7 Å². The number of aryl methyl sites for hydroxylation is 4. The van der Waals surface area contributed by atoms with Gasteiger partial charge in [-0.05, 0) is 255 Å². The fourth-order valence-corrected chi connectivity index (χ4v) is 22.6. The summed E-state index contributed by atoms with van der Waals surface area (Å²) in [6.45, 7) is 29.9. The van der Waals surface area contributed by atoms with Crippen molar-refractivity contribution in [2.24, 2.45) is 0 Å². The fraction of sp³-hybridized carbons (Fsp3) is 0.543. The molecule has 2 unspecified atom stereocenters. The van der Waals surface area contributed by atoms with Crippen LogP contribution in [0.25, 0.3) is 11.1 Å². The number of unbranched alkanes of at least 4 members (excludes halogenated alkanes) is 4. The van der Waals surface area contributed by atoms with Crippen molar-refractivity contribution in [1.82, 2.24) is 19.0 Å². The van der Waals surface area contributed by atoms with Crippen LogP contribution in [0.2, 0.25) is 0 Å². The molecule has 6 aromatic rings. The Kier molecular flexibility index (Phi) is 23.9. The number of esters is 1. The summed E-state index contributed by atoms with van der Waals surface area (Å²) in [6.07, 6.45) is 19.8. The molecule has 0 spiro atoms. The zero-order valence-corrected chi connectivity index (χ0v) is 70.8. The molecule has 6 aromatic carbocycles. The van der Waals surface area contributed by atoms with E-state index < -0.39 is 32.4 Å². The van der Waals surface area contributed by atoms with Crippen LogP contribution in [0.5, 0.6) is 23.0 Å². The van der Waals surface area contributed by atoms with E-state index in [1.54, 1.807) is 23.1 Å². The highest BCUT2D eigenvalue weighted by Gasteiger charge is 2.42. The Balaban J connectivity index is 0.000000181. The van der Waals surface area contributed by atoms with Gasteiger partial charge >= 0.3 is 19.5 Å². The summed E-state index contributed by atoms with van der Waals surface area (Å²) in [5, 5.41) is 14.0. The second-order valence-corrected chi connectivity index (χ2v) is 38.3. The predicted molar refractivity (Wildman–Crippen MR) is 446 cm³/mol. The minimum atomic E-state index is -4.56. The zero-order chi connectivity index (χ0) is 80.1. The maximum atomic E-state index is 15.4. The number of benzene rings is 6. The molecule has 2 amide bonds. The molecule has 20 nitrogen and oxygen atoms in total. The average Bonchev–Trinajstić information content (AvgIpc) is 0.711. The van der Waals surface area contributed by atoms with Gasteiger partial charge in [-0.15, -0.1) is 0 Å². The number of hydrogen-bond donors (Lipinski definition) is 1. The molecule has 114 heavy (non-hydrogen) atoms. The van der Waals surface area contributed by atoms with Crippen LogP contribution in [0.1, 0.15) is 259 Å². The number of nitrogens with zero attached hydrogens (tertiary/aromatic N) is 6. The first kappa shape index (κ1) is 81.2. The lowest BCUT2D eigenvalue weighted by Gasteiger charge is -2.39. The normalized spacial score (nSPS) is 17.8. The van der Waals surface area contributed by atoms with Crippen molar-refractivity contribution in [2.45, 2.75) is 235 Å². The number of carboxylic acids is 1. The molecule has 0 radical (unpaired) electrons. The second-order valence-electron chi connectivity index (χ2n) is 34.6. The van der Waals surface area contributed by atoms with Crippen LogP contribution in [-0.2, 0) is 88.4 Å². The molecule has 0 saturated carbocycles. The van der Waals surface area contributed by atoms with E-state index in [0.29, 0.717) is 93.1 Å². The predicted octanol–water partition coefficient (Wildman–Crippen LogP) is 12.6. The van der Waals surface area contributed by atoms with Crippen LogP contribution in [0.4, 0.5) is 11.4 Å². The molecular weight excluding hydrogens is 1470 g/mol. The average molecular weight is 1590 g/mol. The summed E-state index contributed by atoms with van der Waals surface area (Å²) in [6, 6.07) is 19.6. The van der Waals surface area contributed by atoms with Crippen molar-refractivity contribution >= 4 is 72.1 Å². The summed E-state index contributed by atoms with van der Waals surface area (Å²) in [7, 11) is -8.53. The summed E-state index contributed by atoms with van der Waals surface area (Å²) in [5.41, 5.74) is 17.6. The highest BCUT2D eigenvalue weighted by atomic mass is 31.2. The number of carboxylic acid groups (broad SMARTS) is 1. The van der Waals surface area contributed by atoms with Crippen LogP contribution in [0.3, 0.4) is 0 Å². The number of aliphatic carboxylic acids is 1. The van der Waals surface area contributed by atoms with Crippen molar-refractivity contribution in [3.63, 3.8) is 0 Å². The third-order valence-electron chi connectivity index (χ3n) is 24.5. The lowest BCUT2D eigenvalue weighted by molar-refractivity contribution is -0.194. The maximum Gasteiger partial charge on any atom is 0.361 e. The van der Waals surface area contributed by atoms with Crippen molar-refractivity contribution < 1.29 is 66.1 Å². The smallest absolute Gasteiger partial charge is 0.361 e. The van der Waals surface area contributed by atoms with Crippen LogP contribution in [0.15, 0.2) is 60.7 Å². The van der Waals surface area contributed by atoms with Crippen molar-refractivity contribution in [2.75, 3.05) is 102 Å². The molecule has 0 fully saturated rings. The monoisotopic (exact) mass is 1590 g/mol. The van der Waals surface area contributed by atoms with Crippen LogP contribution in [-0.4, -0.2) is 142 Å². The Morgan fingerprint density at radius 1 is 0.482 bits per heavy atom. The van der Waals surface area contributed by atoms with Gasteiger partial charge in [0.05, 0.1) is 35.2 Å². The van der Waals surface area contributed by atoms with Crippen molar-refractivity contribution in [3.05, 3.63) is 160 Å². The van der Waals surface area contributed by atoms with E-state index in [1.165, 1.54) is 72.7 Å². The van der Waals surface area contributed by atoms with E-state index >= 15 is 4.57 Å². The number of carbonyl (C=O) groups is 4. The summed E-state index contributed by atoms with van der Waals surface area (Å²) in [5.74, 6) is 2.19. The molecule has 10 aliphatic rings. The fourth-order valence-electron chi connectivity index (χ4n) is 19.6. The number of fused-ring (bicyclic) bond motifs is 8. The largest absolute Gasteiger partial charge is 0.775 e. The van der Waals surface area contributed by atoms with Gasteiger partial charge in [0.15, 0.2) is 7.60 Å². The van der Waals surface area contributed by atoms with E-state index in [9.17, 15) is 28.6 Å². The van der Waals surface area contributed by atoms with Crippen LogP contribution in [0, 0.1) is 0 Å². The lowest BCUT2D eigenvalue weighted by atomic mass is 9.81. The minimum Gasteiger partial charge on any atom is -0.775 e.